The second-order valence-electron chi connectivity index (χ2n) is 1.95. The van der Waals surface area contributed by atoms with E-state index in [4.69, 9.17) is 0 Å². The minimum Gasteiger partial charge on any atom is -0.310 e. The van der Waals surface area contributed by atoms with Crippen molar-refractivity contribution in [2.45, 2.75) is 13.3 Å². The van der Waals surface area contributed by atoms with Crippen molar-refractivity contribution >= 4 is 6.21 Å². The van der Waals surface area contributed by atoms with E-state index < -0.39 is 0 Å². The van der Waals surface area contributed by atoms with Gasteiger partial charge in [0.1, 0.15) is 0 Å². The molecule has 2 heteroatoms. The highest BCUT2D eigenvalue weighted by molar-refractivity contribution is 5.60. The Morgan fingerprint density at radius 2 is 2.71 bits per heavy atom. The lowest BCUT2D eigenvalue weighted by Gasteiger charge is -2.09. The summed E-state index contributed by atoms with van der Waals surface area (Å²) >= 11 is 0. The summed E-state index contributed by atoms with van der Waals surface area (Å²) in [4.78, 5) is 0. The highest BCUT2D eigenvalue weighted by Crippen LogP contribution is 1.98. The van der Waals surface area contributed by atoms with Crippen molar-refractivity contribution in [3.8, 4) is 0 Å². The number of hydrazone groups is 1. The summed E-state index contributed by atoms with van der Waals surface area (Å²) in [6.07, 6.45) is 3.17. The van der Waals surface area contributed by atoms with Crippen LogP contribution in [0.15, 0.2) is 5.10 Å². The molecule has 1 N–H and O–H groups in total. The minimum absolute atomic E-state index is 0.682. The van der Waals surface area contributed by atoms with Gasteiger partial charge in [0.05, 0.1) is 0 Å². The van der Waals surface area contributed by atoms with Crippen molar-refractivity contribution < 1.29 is 0 Å². The first-order valence-electron chi connectivity index (χ1n) is 2.65. The zero-order chi connectivity index (χ0) is 5.11. The first-order valence-corrected chi connectivity index (χ1v) is 2.65. The van der Waals surface area contributed by atoms with E-state index in [9.17, 15) is 0 Å². The first kappa shape index (κ1) is 4.62. The van der Waals surface area contributed by atoms with Gasteiger partial charge in [-0.3, -0.25) is 0 Å². The third kappa shape index (κ3) is 1.18. The highest BCUT2D eigenvalue weighted by atomic mass is 15.3. The summed E-state index contributed by atoms with van der Waals surface area (Å²) in [7, 11) is 0. The second-order valence-corrected chi connectivity index (χ2v) is 1.95. The van der Waals surface area contributed by atoms with Crippen molar-refractivity contribution in [2.75, 3.05) is 6.54 Å². The molecule has 1 heterocycles. The molecule has 40 valence electrons. The summed E-state index contributed by atoms with van der Waals surface area (Å²) in [5, 5.41) is 3.88. The number of nitrogens with zero attached hydrogens (tertiary/aromatic N) is 1. The average Bonchev–Trinajstić information content (AvgIpc) is 1.69. The van der Waals surface area contributed by atoms with Gasteiger partial charge in [-0.2, -0.15) is 5.10 Å². The average molecular weight is 98.1 g/mol. The van der Waals surface area contributed by atoms with Crippen molar-refractivity contribution in [3.05, 3.63) is 0 Å². The Morgan fingerprint density at radius 1 is 1.86 bits per heavy atom. The van der Waals surface area contributed by atoms with Gasteiger partial charge in [0.2, 0.25) is 0 Å². The van der Waals surface area contributed by atoms with E-state index in [0.717, 1.165) is 6.54 Å². The molecule has 0 aromatic heterocycles. The fourth-order valence-electron chi connectivity index (χ4n) is 0.611. The van der Waals surface area contributed by atoms with Gasteiger partial charge in [0.25, 0.3) is 0 Å². The molecule has 1 aliphatic rings. The van der Waals surface area contributed by atoms with E-state index >= 15 is 0 Å². The molecule has 1 aliphatic heterocycles. The molecule has 1 atom stereocenters. The lowest BCUT2D eigenvalue weighted by Crippen LogP contribution is -2.18. The molecule has 2 nitrogen and oxygen atoms in total. The number of rotatable bonds is 0. The number of hydrogen-bond acceptors (Lipinski definition) is 2. The van der Waals surface area contributed by atoms with Crippen LogP contribution in [0.3, 0.4) is 0 Å². The molecule has 0 spiro atoms. The Hall–Kier alpha value is -0.530. The molecule has 1 rings (SSSR count). The van der Waals surface area contributed by atoms with E-state index in [0.29, 0.717) is 5.92 Å². The third-order valence-corrected chi connectivity index (χ3v) is 1.13. The smallest absolute Gasteiger partial charge is 0.0335 e. The molecule has 0 aliphatic carbocycles. The molecular formula is C5H10N2. The topological polar surface area (TPSA) is 24.4 Å². The van der Waals surface area contributed by atoms with Crippen molar-refractivity contribution in [2.24, 2.45) is 11.0 Å². The van der Waals surface area contributed by atoms with Crippen molar-refractivity contribution in [1.29, 1.82) is 0 Å². The Morgan fingerprint density at radius 3 is 3.00 bits per heavy atom. The molecule has 0 fully saturated rings. The van der Waals surface area contributed by atoms with Crippen molar-refractivity contribution in [3.63, 3.8) is 0 Å². The summed E-state index contributed by atoms with van der Waals surface area (Å²) in [6.45, 7) is 3.21. The first-order chi connectivity index (χ1) is 3.39. The van der Waals surface area contributed by atoms with Gasteiger partial charge in [0, 0.05) is 12.8 Å². The third-order valence-electron chi connectivity index (χ3n) is 1.13. The van der Waals surface area contributed by atoms with Crippen LogP contribution in [-0.4, -0.2) is 12.8 Å². The zero-order valence-electron chi connectivity index (χ0n) is 4.52. The van der Waals surface area contributed by atoms with Crippen LogP contribution in [0.5, 0.6) is 0 Å². The van der Waals surface area contributed by atoms with Crippen LogP contribution in [0.4, 0.5) is 0 Å². The Kier molecular flexibility index (Phi) is 1.29. The second kappa shape index (κ2) is 1.96. The fourth-order valence-corrected chi connectivity index (χ4v) is 0.611. The van der Waals surface area contributed by atoms with Gasteiger partial charge >= 0.3 is 0 Å². The fraction of sp³-hybridized carbons (Fsp3) is 0.800. The lowest BCUT2D eigenvalue weighted by atomic mass is 10.1. The standard InChI is InChI=1S/C5H10N2/c1-5-2-3-6-7-4-5/h4-6H,2-3H2,1H3. The maximum Gasteiger partial charge on any atom is 0.0335 e. The molecule has 0 radical (unpaired) electrons. The highest BCUT2D eigenvalue weighted by Gasteiger charge is 1.99. The molecular weight excluding hydrogens is 88.1 g/mol. The molecule has 0 saturated heterocycles. The van der Waals surface area contributed by atoms with Crippen LogP contribution in [0.1, 0.15) is 13.3 Å². The van der Waals surface area contributed by atoms with Gasteiger partial charge in [-0.15, -0.1) is 0 Å². The molecule has 0 bridgehead atoms. The summed E-state index contributed by atoms with van der Waals surface area (Å²) in [5.41, 5.74) is 2.88. The monoisotopic (exact) mass is 98.1 g/mol. The van der Waals surface area contributed by atoms with Gasteiger partial charge in [-0.25, -0.2) is 0 Å². The van der Waals surface area contributed by atoms with Crippen LogP contribution >= 0.6 is 0 Å². The predicted molar refractivity (Wildman–Crippen MR) is 30.3 cm³/mol. The van der Waals surface area contributed by atoms with Crippen LogP contribution in [-0.2, 0) is 0 Å². The Bertz CT molecular complexity index is 78.1. The van der Waals surface area contributed by atoms with Crippen LogP contribution in [0.25, 0.3) is 0 Å². The zero-order valence-corrected chi connectivity index (χ0v) is 4.52. The van der Waals surface area contributed by atoms with E-state index in [1.807, 2.05) is 6.21 Å². The van der Waals surface area contributed by atoms with E-state index in [1.54, 1.807) is 0 Å². The number of hydrogen-bond donors (Lipinski definition) is 1. The van der Waals surface area contributed by atoms with Gasteiger partial charge in [-0.1, -0.05) is 6.92 Å². The van der Waals surface area contributed by atoms with Crippen molar-refractivity contribution in [1.82, 2.24) is 5.43 Å². The maximum atomic E-state index is 3.88. The molecule has 7 heavy (non-hydrogen) atoms. The summed E-state index contributed by atoms with van der Waals surface area (Å²) < 4.78 is 0. The molecule has 0 saturated carbocycles. The van der Waals surface area contributed by atoms with Crippen LogP contribution in [0, 0.1) is 5.92 Å². The molecule has 0 aromatic rings. The van der Waals surface area contributed by atoms with Gasteiger partial charge in [0.15, 0.2) is 0 Å². The van der Waals surface area contributed by atoms with Crippen LogP contribution in [0.2, 0.25) is 0 Å². The summed E-state index contributed by atoms with van der Waals surface area (Å²) in [5.74, 6) is 0.682. The van der Waals surface area contributed by atoms with E-state index in [-0.39, 0.29) is 0 Å². The lowest BCUT2D eigenvalue weighted by molar-refractivity contribution is 0.583. The molecule has 1 unspecified atom stereocenters. The van der Waals surface area contributed by atoms with Gasteiger partial charge < -0.3 is 5.43 Å². The molecule has 0 aromatic carbocycles. The maximum absolute atomic E-state index is 3.88. The SMILES string of the molecule is CC1C=NNCC1. The predicted octanol–water partition coefficient (Wildman–Crippen LogP) is 0.602. The quantitative estimate of drug-likeness (QED) is 0.471. The Labute approximate surface area is 43.6 Å². The number of nitrogens with one attached hydrogen (secondary N) is 1. The normalized spacial score (nSPS) is 29.6. The van der Waals surface area contributed by atoms with Gasteiger partial charge in [-0.05, 0) is 12.3 Å². The Balaban J connectivity index is 2.36. The molecule has 0 amide bonds. The minimum atomic E-state index is 0.682. The van der Waals surface area contributed by atoms with E-state index in [2.05, 4.69) is 17.5 Å². The largest absolute Gasteiger partial charge is 0.310 e. The van der Waals surface area contributed by atoms with Crippen LogP contribution < -0.4 is 5.43 Å². The summed E-state index contributed by atoms with van der Waals surface area (Å²) in [6, 6.07) is 0. The van der Waals surface area contributed by atoms with E-state index in [1.165, 1.54) is 6.42 Å².